The molecule has 3 aromatic carbocycles. The van der Waals surface area contributed by atoms with Crippen molar-refractivity contribution >= 4 is 17.8 Å². The molecule has 6 nitrogen and oxygen atoms in total. The molecule has 0 fully saturated rings. The number of carbonyl (C=O) groups excluding carboxylic acids is 2. The van der Waals surface area contributed by atoms with Gasteiger partial charge in [-0.3, -0.25) is 9.59 Å². The Kier molecular flexibility index (Phi) is 9.49. The molecule has 0 unspecified atom stereocenters. The Morgan fingerprint density at radius 2 is 0.844 bits per heavy atom. The van der Waals surface area contributed by atoms with Gasteiger partial charge in [-0.05, 0) is 24.3 Å². The molecule has 5 N–H and O–H groups in total. The minimum Gasteiger partial charge on any atom is -0.477 e. The molecule has 3 rings (SSSR count). The van der Waals surface area contributed by atoms with E-state index in [-0.39, 0.29) is 11.8 Å². The Morgan fingerprint density at radius 3 is 1.06 bits per heavy atom. The van der Waals surface area contributed by atoms with Gasteiger partial charge in [-0.15, -0.1) is 0 Å². The molecule has 0 spiro atoms. The van der Waals surface area contributed by atoms with Gasteiger partial charge in [-0.25, -0.2) is 26.7 Å². The zero-order valence-corrected chi connectivity index (χ0v) is 16.0. The fraction of sp³-hybridized carbons (Fsp3) is 0. The van der Waals surface area contributed by atoms with E-state index < -0.39 is 40.6 Å². The standard InChI is InChI=1S/C7HF5O2.2C7H7NO/c8-2-1(7(13)14)3(9)5(11)6(12)4(2)10;2*8-7(9)6-4-2-1-3-5-6/h(H,13,14);2*1-5H,(H2,8,9). The fourth-order valence-electron chi connectivity index (χ4n) is 2.00. The third-order valence-corrected chi connectivity index (χ3v) is 3.54. The number of rotatable bonds is 3. The second-order valence-electron chi connectivity index (χ2n) is 5.71. The van der Waals surface area contributed by atoms with E-state index in [0.29, 0.717) is 11.1 Å². The van der Waals surface area contributed by atoms with Crippen molar-refractivity contribution in [1.82, 2.24) is 0 Å². The Hall–Kier alpha value is -4.28. The van der Waals surface area contributed by atoms with Crippen molar-refractivity contribution in [1.29, 1.82) is 0 Å². The Labute approximate surface area is 177 Å². The summed E-state index contributed by atoms with van der Waals surface area (Å²) in [6, 6.07) is 17.5. The van der Waals surface area contributed by atoms with Gasteiger partial charge in [0.15, 0.2) is 23.3 Å². The van der Waals surface area contributed by atoms with E-state index in [9.17, 15) is 36.3 Å². The maximum atomic E-state index is 12.6. The number of hydrogen-bond acceptors (Lipinski definition) is 3. The maximum Gasteiger partial charge on any atom is 0.341 e. The van der Waals surface area contributed by atoms with E-state index in [1.807, 2.05) is 12.1 Å². The van der Waals surface area contributed by atoms with Crippen LogP contribution in [-0.4, -0.2) is 22.9 Å². The van der Waals surface area contributed by atoms with Crippen LogP contribution >= 0.6 is 0 Å². The molecule has 2 amide bonds. The van der Waals surface area contributed by atoms with E-state index >= 15 is 0 Å². The summed E-state index contributed by atoms with van der Waals surface area (Å²) in [7, 11) is 0. The molecule has 11 heteroatoms. The lowest BCUT2D eigenvalue weighted by molar-refractivity contribution is 0.0682. The number of amides is 2. The van der Waals surface area contributed by atoms with Crippen molar-refractivity contribution in [2.75, 3.05) is 0 Å². The highest BCUT2D eigenvalue weighted by Gasteiger charge is 2.29. The van der Waals surface area contributed by atoms with Gasteiger partial charge in [-0.1, -0.05) is 36.4 Å². The van der Waals surface area contributed by atoms with Crippen molar-refractivity contribution in [2.45, 2.75) is 0 Å². The van der Waals surface area contributed by atoms with E-state index in [1.54, 1.807) is 48.5 Å². The van der Waals surface area contributed by atoms with Crippen LogP contribution in [0.3, 0.4) is 0 Å². The second-order valence-corrected chi connectivity index (χ2v) is 5.71. The highest BCUT2D eigenvalue weighted by atomic mass is 19.2. The van der Waals surface area contributed by atoms with Gasteiger partial charge in [-0.2, -0.15) is 0 Å². The third kappa shape index (κ3) is 6.90. The molecule has 0 saturated carbocycles. The minimum absolute atomic E-state index is 0.379. The SMILES string of the molecule is NC(=O)c1ccccc1.NC(=O)c1ccccc1.O=C(O)c1c(F)c(F)c(F)c(F)c1F. The summed E-state index contributed by atoms with van der Waals surface area (Å²) >= 11 is 0. The summed E-state index contributed by atoms with van der Waals surface area (Å²) < 4.78 is 62.1. The topological polar surface area (TPSA) is 123 Å². The van der Waals surface area contributed by atoms with Crippen LogP contribution in [0.4, 0.5) is 22.0 Å². The van der Waals surface area contributed by atoms with Crippen LogP contribution in [-0.2, 0) is 0 Å². The number of carboxylic acids is 1. The number of halogens is 5. The second kappa shape index (κ2) is 11.8. The normalized spacial score (nSPS) is 9.53. The molecule has 0 aliphatic heterocycles. The van der Waals surface area contributed by atoms with Gasteiger partial charge in [0, 0.05) is 11.1 Å². The number of primary amides is 2. The monoisotopic (exact) mass is 454 g/mol. The Balaban J connectivity index is 0.000000250. The van der Waals surface area contributed by atoms with E-state index in [1.165, 1.54) is 0 Å². The fourth-order valence-corrected chi connectivity index (χ4v) is 2.00. The lowest BCUT2D eigenvalue weighted by Crippen LogP contribution is -2.11. The number of aromatic carboxylic acids is 1. The lowest BCUT2D eigenvalue weighted by atomic mass is 10.1. The van der Waals surface area contributed by atoms with E-state index in [4.69, 9.17) is 16.6 Å². The third-order valence-electron chi connectivity index (χ3n) is 3.54. The molecule has 0 heterocycles. The molecule has 0 atom stereocenters. The average Bonchev–Trinajstić information content (AvgIpc) is 2.78. The van der Waals surface area contributed by atoms with Crippen LogP contribution in [0.5, 0.6) is 0 Å². The zero-order chi connectivity index (χ0) is 24.4. The van der Waals surface area contributed by atoms with Crippen molar-refractivity contribution in [3.05, 3.63) is 106 Å². The summed E-state index contributed by atoms with van der Waals surface area (Å²) in [5, 5.41) is 8.15. The molecule has 0 aliphatic rings. The highest BCUT2D eigenvalue weighted by molar-refractivity contribution is 5.93. The molecule has 168 valence electrons. The average molecular weight is 454 g/mol. The smallest absolute Gasteiger partial charge is 0.341 e. The van der Waals surface area contributed by atoms with E-state index in [0.717, 1.165) is 0 Å². The molecule has 0 radical (unpaired) electrons. The van der Waals surface area contributed by atoms with Crippen LogP contribution < -0.4 is 11.5 Å². The molecule has 32 heavy (non-hydrogen) atoms. The zero-order valence-electron chi connectivity index (χ0n) is 16.0. The predicted molar refractivity (Wildman–Crippen MR) is 103 cm³/mol. The van der Waals surface area contributed by atoms with Crippen molar-refractivity contribution in [3.63, 3.8) is 0 Å². The Bertz CT molecular complexity index is 1030. The molecule has 0 aromatic heterocycles. The molecular weight excluding hydrogens is 439 g/mol. The summed E-state index contributed by atoms with van der Waals surface area (Å²) in [5.74, 6) is -14.6. The van der Waals surface area contributed by atoms with Gasteiger partial charge in [0.25, 0.3) is 0 Å². The highest BCUT2D eigenvalue weighted by Crippen LogP contribution is 2.22. The summed E-state index contributed by atoms with van der Waals surface area (Å²) in [5.41, 5.74) is 9.20. The quantitative estimate of drug-likeness (QED) is 0.318. The van der Waals surface area contributed by atoms with E-state index in [2.05, 4.69) is 0 Å². The molecule has 0 aliphatic carbocycles. The van der Waals surface area contributed by atoms with Gasteiger partial charge in [0.05, 0.1) is 0 Å². The largest absolute Gasteiger partial charge is 0.477 e. The summed E-state index contributed by atoms with van der Waals surface area (Å²) in [6.45, 7) is 0. The van der Waals surface area contributed by atoms with Crippen molar-refractivity contribution < 1.29 is 41.4 Å². The minimum atomic E-state index is -2.38. The number of benzene rings is 3. The van der Waals surface area contributed by atoms with Crippen LogP contribution in [0.1, 0.15) is 31.1 Å². The lowest BCUT2D eigenvalue weighted by Gasteiger charge is -2.03. The van der Waals surface area contributed by atoms with Gasteiger partial charge in [0.2, 0.25) is 17.6 Å². The maximum absolute atomic E-state index is 12.6. The van der Waals surface area contributed by atoms with Gasteiger partial charge < -0.3 is 16.6 Å². The van der Waals surface area contributed by atoms with Crippen LogP contribution in [0.15, 0.2) is 60.7 Å². The Morgan fingerprint density at radius 1 is 0.562 bits per heavy atom. The molecule has 0 saturated heterocycles. The molecule has 3 aromatic rings. The summed E-state index contributed by atoms with van der Waals surface area (Å²) in [4.78, 5) is 31.0. The van der Waals surface area contributed by atoms with Crippen LogP contribution in [0, 0.1) is 29.1 Å². The van der Waals surface area contributed by atoms with Crippen LogP contribution in [0.25, 0.3) is 0 Å². The first kappa shape index (κ1) is 25.8. The number of carboxylic acid groups (broad SMARTS) is 1. The first-order chi connectivity index (χ1) is 15.0. The first-order valence-electron chi connectivity index (χ1n) is 8.43. The summed E-state index contributed by atoms with van der Waals surface area (Å²) in [6.07, 6.45) is 0. The van der Waals surface area contributed by atoms with Gasteiger partial charge in [0.1, 0.15) is 5.56 Å². The van der Waals surface area contributed by atoms with Crippen molar-refractivity contribution in [2.24, 2.45) is 11.5 Å². The number of nitrogens with two attached hydrogens (primary N) is 2. The first-order valence-corrected chi connectivity index (χ1v) is 8.43. The van der Waals surface area contributed by atoms with Crippen molar-refractivity contribution in [3.8, 4) is 0 Å². The molecule has 0 bridgehead atoms. The predicted octanol–water partition coefficient (Wildman–Crippen LogP) is 3.65. The van der Waals surface area contributed by atoms with Crippen LogP contribution in [0.2, 0.25) is 0 Å². The molecular formula is C21H15F5N2O4. The number of carbonyl (C=O) groups is 3. The van der Waals surface area contributed by atoms with Gasteiger partial charge >= 0.3 is 5.97 Å². The number of hydrogen-bond donors (Lipinski definition) is 3.